The van der Waals surface area contributed by atoms with E-state index in [1.54, 1.807) is 0 Å². The first-order chi connectivity index (χ1) is 9.38. The molecule has 0 spiro atoms. The van der Waals surface area contributed by atoms with E-state index in [0.717, 1.165) is 19.3 Å². The molecule has 0 aliphatic rings. The second-order valence-corrected chi connectivity index (χ2v) is 4.81. The van der Waals surface area contributed by atoms with Crippen LogP contribution in [0.1, 0.15) is 23.7 Å². The van der Waals surface area contributed by atoms with Gasteiger partial charge in [-0.15, -0.1) is 0 Å². The van der Waals surface area contributed by atoms with Crippen LogP contribution < -0.4 is 0 Å². The van der Waals surface area contributed by atoms with Crippen molar-refractivity contribution in [1.82, 2.24) is 9.38 Å². The molecule has 0 atom stereocenters. The van der Waals surface area contributed by atoms with Crippen molar-refractivity contribution in [3.8, 4) is 0 Å². The van der Waals surface area contributed by atoms with Crippen molar-refractivity contribution in [2.75, 3.05) is 0 Å². The number of aryl methyl sites for hydroxylation is 3. The Morgan fingerprint density at radius 2 is 1.84 bits per heavy atom. The maximum absolute atomic E-state index is 4.58. The molecule has 2 nitrogen and oxygen atoms in total. The monoisotopic (exact) mass is 250 g/mol. The summed E-state index contributed by atoms with van der Waals surface area (Å²) in [6.07, 6.45) is 9.14. The summed E-state index contributed by atoms with van der Waals surface area (Å²) in [6.45, 7) is 2.20. The lowest BCUT2D eigenvalue weighted by molar-refractivity contribution is 0.904. The Bertz CT molecular complexity index is 668. The SMILES string of the molecule is CCc1ccn2ccnc(CCc3ccccc3)c12. The van der Waals surface area contributed by atoms with Crippen LogP contribution in [-0.4, -0.2) is 9.38 Å². The Kier molecular flexibility index (Phi) is 3.32. The fourth-order valence-corrected chi connectivity index (χ4v) is 2.58. The van der Waals surface area contributed by atoms with Gasteiger partial charge in [-0.2, -0.15) is 0 Å². The van der Waals surface area contributed by atoms with Gasteiger partial charge in [-0.1, -0.05) is 37.3 Å². The third-order valence-corrected chi connectivity index (χ3v) is 3.60. The Morgan fingerprint density at radius 1 is 1.00 bits per heavy atom. The second-order valence-electron chi connectivity index (χ2n) is 4.81. The summed E-state index contributed by atoms with van der Waals surface area (Å²) in [5.74, 6) is 0. The molecule has 96 valence electrons. The summed E-state index contributed by atoms with van der Waals surface area (Å²) >= 11 is 0. The molecular formula is C17H18N2. The summed E-state index contributed by atoms with van der Waals surface area (Å²) in [5, 5.41) is 0. The minimum Gasteiger partial charge on any atom is -0.320 e. The van der Waals surface area contributed by atoms with Gasteiger partial charge in [0.25, 0.3) is 0 Å². The van der Waals surface area contributed by atoms with Crippen LogP contribution in [0.2, 0.25) is 0 Å². The van der Waals surface area contributed by atoms with Crippen molar-refractivity contribution in [3.63, 3.8) is 0 Å². The topological polar surface area (TPSA) is 17.3 Å². The van der Waals surface area contributed by atoms with Gasteiger partial charge >= 0.3 is 0 Å². The molecule has 0 saturated carbocycles. The molecule has 0 fully saturated rings. The number of rotatable bonds is 4. The van der Waals surface area contributed by atoms with E-state index in [1.807, 2.05) is 12.4 Å². The lowest BCUT2D eigenvalue weighted by atomic mass is 10.1. The number of fused-ring (bicyclic) bond motifs is 1. The van der Waals surface area contributed by atoms with Gasteiger partial charge in [0.1, 0.15) is 0 Å². The Morgan fingerprint density at radius 3 is 2.63 bits per heavy atom. The normalized spacial score (nSPS) is 11.0. The maximum Gasteiger partial charge on any atom is 0.0699 e. The molecule has 0 bridgehead atoms. The van der Waals surface area contributed by atoms with Gasteiger partial charge in [-0.05, 0) is 36.5 Å². The summed E-state index contributed by atoms with van der Waals surface area (Å²) in [7, 11) is 0. The van der Waals surface area contributed by atoms with E-state index in [9.17, 15) is 0 Å². The average molecular weight is 250 g/mol. The van der Waals surface area contributed by atoms with Crippen molar-refractivity contribution in [2.45, 2.75) is 26.2 Å². The van der Waals surface area contributed by atoms with Gasteiger partial charge < -0.3 is 4.40 Å². The quantitative estimate of drug-likeness (QED) is 0.690. The zero-order chi connectivity index (χ0) is 13.1. The van der Waals surface area contributed by atoms with E-state index in [0.29, 0.717) is 0 Å². The van der Waals surface area contributed by atoms with E-state index < -0.39 is 0 Å². The minimum absolute atomic E-state index is 0.991. The molecule has 0 saturated heterocycles. The molecule has 3 aromatic rings. The van der Waals surface area contributed by atoms with Crippen molar-refractivity contribution < 1.29 is 0 Å². The fraction of sp³-hybridized carbons (Fsp3) is 0.235. The van der Waals surface area contributed by atoms with Gasteiger partial charge in [0.15, 0.2) is 0 Å². The molecule has 0 aliphatic carbocycles. The number of hydrogen-bond acceptors (Lipinski definition) is 1. The minimum atomic E-state index is 0.991. The standard InChI is InChI=1S/C17H18N2/c1-2-15-10-12-19-13-11-18-16(17(15)19)9-8-14-6-4-3-5-7-14/h3-7,10-13H,2,8-9H2,1H3. The highest BCUT2D eigenvalue weighted by molar-refractivity contribution is 5.59. The maximum atomic E-state index is 4.58. The van der Waals surface area contributed by atoms with E-state index in [-0.39, 0.29) is 0 Å². The largest absolute Gasteiger partial charge is 0.320 e. The lowest BCUT2D eigenvalue weighted by Crippen LogP contribution is -1.99. The molecule has 0 radical (unpaired) electrons. The fourth-order valence-electron chi connectivity index (χ4n) is 2.58. The molecule has 2 heteroatoms. The highest BCUT2D eigenvalue weighted by Crippen LogP contribution is 2.18. The van der Waals surface area contributed by atoms with E-state index in [1.165, 1.54) is 22.3 Å². The lowest BCUT2D eigenvalue weighted by Gasteiger charge is -2.06. The highest BCUT2D eigenvalue weighted by Gasteiger charge is 2.07. The molecule has 2 aromatic heterocycles. The summed E-state index contributed by atoms with van der Waals surface area (Å²) in [5.41, 5.74) is 5.25. The number of hydrogen-bond donors (Lipinski definition) is 0. The third-order valence-electron chi connectivity index (χ3n) is 3.60. The van der Waals surface area contributed by atoms with Crippen LogP contribution in [0.3, 0.4) is 0 Å². The van der Waals surface area contributed by atoms with Crippen LogP contribution in [0.15, 0.2) is 55.0 Å². The van der Waals surface area contributed by atoms with Crippen LogP contribution in [0.4, 0.5) is 0 Å². The first kappa shape index (κ1) is 12.0. The van der Waals surface area contributed by atoms with E-state index in [4.69, 9.17) is 0 Å². The van der Waals surface area contributed by atoms with E-state index >= 15 is 0 Å². The van der Waals surface area contributed by atoms with Gasteiger partial charge in [0.05, 0.1) is 11.2 Å². The van der Waals surface area contributed by atoms with Crippen molar-refractivity contribution in [2.24, 2.45) is 0 Å². The van der Waals surface area contributed by atoms with Crippen molar-refractivity contribution in [3.05, 3.63) is 71.8 Å². The summed E-state index contributed by atoms with van der Waals surface area (Å²) < 4.78 is 2.19. The first-order valence-corrected chi connectivity index (χ1v) is 6.86. The van der Waals surface area contributed by atoms with Gasteiger partial charge in [0.2, 0.25) is 0 Å². The summed E-state index contributed by atoms with van der Waals surface area (Å²) in [6, 6.07) is 12.8. The molecular weight excluding hydrogens is 232 g/mol. The van der Waals surface area contributed by atoms with Gasteiger partial charge in [-0.3, -0.25) is 4.98 Å². The number of nitrogens with zero attached hydrogens (tertiary/aromatic N) is 2. The molecule has 2 heterocycles. The predicted molar refractivity (Wildman–Crippen MR) is 78.4 cm³/mol. The second kappa shape index (κ2) is 5.27. The Labute approximate surface area is 113 Å². The molecule has 19 heavy (non-hydrogen) atoms. The van der Waals surface area contributed by atoms with Crippen LogP contribution in [0, 0.1) is 0 Å². The van der Waals surface area contributed by atoms with Gasteiger partial charge in [-0.25, -0.2) is 0 Å². The van der Waals surface area contributed by atoms with Crippen LogP contribution in [0.5, 0.6) is 0 Å². The molecule has 1 aromatic carbocycles. The number of benzene rings is 1. The predicted octanol–water partition coefficient (Wildman–Crippen LogP) is 3.68. The zero-order valence-electron chi connectivity index (χ0n) is 11.2. The van der Waals surface area contributed by atoms with Crippen molar-refractivity contribution in [1.29, 1.82) is 0 Å². The molecule has 0 unspecified atom stereocenters. The van der Waals surface area contributed by atoms with E-state index in [2.05, 4.69) is 58.9 Å². The smallest absolute Gasteiger partial charge is 0.0699 e. The molecule has 0 amide bonds. The molecule has 3 rings (SSSR count). The third kappa shape index (κ3) is 2.39. The molecule has 0 aliphatic heterocycles. The average Bonchev–Trinajstić information content (AvgIpc) is 2.90. The van der Waals surface area contributed by atoms with Crippen molar-refractivity contribution >= 4 is 5.52 Å². The van der Waals surface area contributed by atoms with Crippen LogP contribution >= 0.6 is 0 Å². The Balaban J connectivity index is 1.90. The summed E-state index contributed by atoms with van der Waals surface area (Å²) in [4.78, 5) is 4.58. The highest BCUT2D eigenvalue weighted by atomic mass is 14.9. The van der Waals surface area contributed by atoms with Crippen LogP contribution in [-0.2, 0) is 19.3 Å². The Hall–Kier alpha value is -2.09. The van der Waals surface area contributed by atoms with Gasteiger partial charge in [0, 0.05) is 18.6 Å². The number of aromatic nitrogens is 2. The molecule has 0 N–H and O–H groups in total. The first-order valence-electron chi connectivity index (χ1n) is 6.86. The zero-order valence-corrected chi connectivity index (χ0v) is 11.2. The van der Waals surface area contributed by atoms with Crippen LogP contribution in [0.25, 0.3) is 5.52 Å².